The van der Waals surface area contributed by atoms with Gasteiger partial charge in [0.15, 0.2) is 13.1 Å². The molecular formula is C21H34N3O2+. The molecule has 26 heavy (non-hydrogen) atoms. The standard InChI is InChI=1S/C21H33N3O2/c1-14-10-15(2)21(16(3)11-14)22-19(25)12-23(6)13-20(26)24-17(4)8-7-9-18(24)5/h10-11,17-18H,7-9,12-13H2,1-6H3,(H,22,25)/p+1/t17-,18-/m0/s1. The molecule has 2 N–H and O–H groups in total. The van der Waals surface area contributed by atoms with Crippen LogP contribution in [0.25, 0.3) is 0 Å². The zero-order valence-corrected chi connectivity index (χ0v) is 17.1. The monoisotopic (exact) mass is 360 g/mol. The minimum absolute atomic E-state index is 0.0508. The summed E-state index contributed by atoms with van der Waals surface area (Å²) in [5, 5.41) is 3.02. The zero-order valence-electron chi connectivity index (χ0n) is 17.1. The largest absolute Gasteiger partial charge is 0.332 e. The Morgan fingerprint density at radius 1 is 1.08 bits per heavy atom. The maximum Gasteiger partial charge on any atom is 0.279 e. The van der Waals surface area contributed by atoms with Gasteiger partial charge in [-0.2, -0.15) is 0 Å². The molecule has 144 valence electrons. The van der Waals surface area contributed by atoms with Gasteiger partial charge in [0.2, 0.25) is 0 Å². The van der Waals surface area contributed by atoms with Crippen LogP contribution >= 0.6 is 0 Å². The van der Waals surface area contributed by atoms with Gasteiger partial charge in [-0.25, -0.2) is 0 Å². The van der Waals surface area contributed by atoms with Crippen molar-refractivity contribution in [1.82, 2.24) is 4.90 Å². The Balaban J connectivity index is 1.92. The minimum atomic E-state index is -0.0508. The predicted octanol–water partition coefficient (Wildman–Crippen LogP) is 1.85. The Labute approximate surface area is 157 Å². The third-order valence-electron chi connectivity index (χ3n) is 5.34. The van der Waals surface area contributed by atoms with Crippen molar-refractivity contribution in [1.29, 1.82) is 0 Å². The van der Waals surface area contributed by atoms with E-state index in [1.807, 2.05) is 25.8 Å². The summed E-state index contributed by atoms with van der Waals surface area (Å²) >= 11 is 0. The molecule has 0 radical (unpaired) electrons. The van der Waals surface area contributed by atoms with E-state index < -0.39 is 0 Å². The highest BCUT2D eigenvalue weighted by Gasteiger charge is 2.30. The van der Waals surface area contributed by atoms with Crippen LogP contribution in [0.1, 0.15) is 49.8 Å². The quantitative estimate of drug-likeness (QED) is 0.842. The summed E-state index contributed by atoms with van der Waals surface area (Å²) in [5.41, 5.74) is 4.22. The highest BCUT2D eigenvalue weighted by molar-refractivity contribution is 5.93. The number of hydrogen-bond acceptors (Lipinski definition) is 2. The van der Waals surface area contributed by atoms with Gasteiger partial charge in [0.05, 0.1) is 7.05 Å². The fourth-order valence-corrected chi connectivity index (χ4v) is 4.16. The second-order valence-electron chi connectivity index (χ2n) is 8.06. The summed E-state index contributed by atoms with van der Waals surface area (Å²) in [6, 6.07) is 4.74. The van der Waals surface area contributed by atoms with E-state index in [-0.39, 0.29) is 18.4 Å². The molecule has 5 nitrogen and oxygen atoms in total. The number of carbonyl (C=O) groups is 2. The molecule has 0 aromatic heterocycles. The van der Waals surface area contributed by atoms with Gasteiger partial charge in [0, 0.05) is 17.8 Å². The lowest BCUT2D eigenvalue weighted by molar-refractivity contribution is -0.862. The first kappa shape index (κ1) is 20.4. The van der Waals surface area contributed by atoms with E-state index in [9.17, 15) is 9.59 Å². The van der Waals surface area contributed by atoms with Gasteiger partial charge in [-0.05, 0) is 65.0 Å². The van der Waals surface area contributed by atoms with Crippen molar-refractivity contribution in [2.24, 2.45) is 0 Å². The number of carbonyl (C=O) groups excluding carboxylic acids is 2. The molecule has 1 aromatic carbocycles. The molecular weight excluding hydrogens is 326 g/mol. The minimum Gasteiger partial charge on any atom is -0.332 e. The number of aryl methyl sites for hydroxylation is 3. The number of benzene rings is 1. The lowest BCUT2D eigenvalue weighted by Gasteiger charge is -2.39. The number of nitrogens with zero attached hydrogens (tertiary/aromatic N) is 1. The van der Waals surface area contributed by atoms with Crippen LogP contribution in [0, 0.1) is 20.8 Å². The Kier molecular flexibility index (Phi) is 6.81. The predicted molar refractivity (Wildman–Crippen MR) is 106 cm³/mol. The molecule has 2 rings (SSSR count). The highest BCUT2D eigenvalue weighted by atomic mass is 16.2. The topological polar surface area (TPSA) is 53.9 Å². The summed E-state index contributed by atoms with van der Waals surface area (Å²) in [7, 11) is 1.91. The van der Waals surface area contributed by atoms with Gasteiger partial charge in [-0.1, -0.05) is 17.7 Å². The van der Waals surface area contributed by atoms with Gasteiger partial charge < -0.3 is 15.1 Å². The molecule has 3 atom stereocenters. The van der Waals surface area contributed by atoms with Crippen LogP contribution in [0.15, 0.2) is 12.1 Å². The smallest absolute Gasteiger partial charge is 0.279 e. The third-order valence-corrected chi connectivity index (χ3v) is 5.34. The Hall–Kier alpha value is -1.88. The molecule has 1 unspecified atom stereocenters. The van der Waals surface area contributed by atoms with Gasteiger partial charge in [-0.3, -0.25) is 9.59 Å². The highest BCUT2D eigenvalue weighted by Crippen LogP contribution is 2.22. The second-order valence-corrected chi connectivity index (χ2v) is 8.06. The maximum absolute atomic E-state index is 12.7. The molecule has 1 saturated heterocycles. The first-order valence-electron chi connectivity index (χ1n) is 9.69. The van der Waals surface area contributed by atoms with Crippen LogP contribution in [-0.4, -0.2) is 48.9 Å². The SMILES string of the molecule is Cc1cc(C)c(NC(=O)C[NH+](C)CC(=O)N2[C@@H](C)CCC[C@@H]2C)c(C)c1. The Morgan fingerprint density at radius 2 is 1.62 bits per heavy atom. The molecule has 1 heterocycles. The number of hydrogen-bond donors (Lipinski definition) is 2. The Morgan fingerprint density at radius 3 is 2.15 bits per heavy atom. The van der Waals surface area contributed by atoms with E-state index in [1.165, 1.54) is 12.0 Å². The number of anilines is 1. The van der Waals surface area contributed by atoms with Crippen LogP contribution in [0.4, 0.5) is 5.69 Å². The molecule has 0 aliphatic carbocycles. The number of amides is 2. The Bertz CT molecular complexity index is 638. The van der Waals surface area contributed by atoms with Crippen molar-refractivity contribution in [3.63, 3.8) is 0 Å². The summed E-state index contributed by atoms with van der Waals surface area (Å²) in [5.74, 6) is 0.0998. The van der Waals surface area contributed by atoms with Crippen molar-refractivity contribution in [2.75, 3.05) is 25.5 Å². The molecule has 1 aliphatic heterocycles. The zero-order chi connectivity index (χ0) is 19.4. The summed E-state index contributed by atoms with van der Waals surface area (Å²) in [4.78, 5) is 28.1. The summed E-state index contributed by atoms with van der Waals surface area (Å²) in [6.07, 6.45) is 3.33. The fraction of sp³-hybridized carbons (Fsp3) is 0.619. The van der Waals surface area contributed by atoms with Crippen LogP contribution in [0.3, 0.4) is 0 Å². The first-order chi connectivity index (χ1) is 12.2. The van der Waals surface area contributed by atoms with E-state index in [0.29, 0.717) is 18.6 Å². The molecule has 0 bridgehead atoms. The average molecular weight is 361 g/mol. The van der Waals surface area contributed by atoms with Gasteiger partial charge in [0.25, 0.3) is 11.8 Å². The molecule has 1 fully saturated rings. The molecule has 1 aliphatic rings. The number of quaternary nitrogens is 1. The first-order valence-corrected chi connectivity index (χ1v) is 9.69. The number of likely N-dealkylation sites (N-methyl/N-ethyl adjacent to an activating group) is 1. The van der Waals surface area contributed by atoms with E-state index >= 15 is 0 Å². The van der Waals surface area contributed by atoms with Gasteiger partial charge in [-0.15, -0.1) is 0 Å². The number of rotatable bonds is 5. The number of piperidine rings is 1. The lowest BCUT2D eigenvalue weighted by Crippen LogP contribution is -3.11. The molecule has 5 heteroatoms. The number of likely N-dealkylation sites (tertiary alicyclic amines) is 1. The van der Waals surface area contributed by atoms with Crippen molar-refractivity contribution < 1.29 is 14.5 Å². The van der Waals surface area contributed by atoms with Crippen LogP contribution in [0.2, 0.25) is 0 Å². The molecule has 1 aromatic rings. The van der Waals surface area contributed by atoms with Crippen molar-refractivity contribution in [3.05, 3.63) is 28.8 Å². The second kappa shape index (κ2) is 8.67. The van der Waals surface area contributed by atoms with E-state index in [1.54, 1.807) is 0 Å². The van der Waals surface area contributed by atoms with Crippen LogP contribution in [0.5, 0.6) is 0 Å². The van der Waals surface area contributed by atoms with Crippen molar-refractivity contribution in [3.8, 4) is 0 Å². The molecule has 2 amide bonds. The summed E-state index contributed by atoms with van der Waals surface area (Å²) < 4.78 is 0. The van der Waals surface area contributed by atoms with Gasteiger partial charge >= 0.3 is 0 Å². The normalized spacial score (nSPS) is 21.4. The van der Waals surface area contributed by atoms with Gasteiger partial charge in [0.1, 0.15) is 0 Å². The average Bonchev–Trinajstić information content (AvgIpc) is 2.50. The summed E-state index contributed by atoms with van der Waals surface area (Å²) in [6.45, 7) is 11.0. The lowest BCUT2D eigenvalue weighted by atomic mass is 9.97. The van der Waals surface area contributed by atoms with E-state index in [2.05, 4.69) is 38.2 Å². The van der Waals surface area contributed by atoms with Crippen molar-refractivity contribution >= 4 is 17.5 Å². The maximum atomic E-state index is 12.7. The third kappa shape index (κ3) is 5.07. The van der Waals surface area contributed by atoms with E-state index in [0.717, 1.165) is 34.6 Å². The fourth-order valence-electron chi connectivity index (χ4n) is 4.16. The number of nitrogens with one attached hydrogen (secondary N) is 2. The molecule has 0 saturated carbocycles. The van der Waals surface area contributed by atoms with Crippen LogP contribution in [-0.2, 0) is 9.59 Å². The molecule has 0 spiro atoms. The van der Waals surface area contributed by atoms with Crippen LogP contribution < -0.4 is 10.2 Å². The van der Waals surface area contributed by atoms with E-state index in [4.69, 9.17) is 0 Å². The van der Waals surface area contributed by atoms with Crippen molar-refractivity contribution in [2.45, 2.75) is 66.0 Å².